The zero-order chi connectivity index (χ0) is 19.3. The van der Waals surface area contributed by atoms with Gasteiger partial charge in [0.2, 0.25) is 5.89 Å². The van der Waals surface area contributed by atoms with Gasteiger partial charge in [0.15, 0.2) is 11.8 Å². The van der Waals surface area contributed by atoms with Crippen molar-refractivity contribution in [1.82, 2.24) is 20.8 Å². The number of nitrogens with zero attached hydrogens (tertiary/aromatic N) is 3. The minimum Gasteiger partial charge on any atom is -0.487 e. The lowest BCUT2D eigenvalue weighted by molar-refractivity contribution is 0.0694. The van der Waals surface area contributed by atoms with E-state index in [9.17, 15) is 0 Å². The molecule has 0 spiro atoms. The van der Waals surface area contributed by atoms with E-state index in [1.165, 1.54) is 5.56 Å². The summed E-state index contributed by atoms with van der Waals surface area (Å²) >= 11 is 0. The van der Waals surface area contributed by atoms with Crippen LogP contribution in [0.4, 0.5) is 0 Å². The van der Waals surface area contributed by atoms with Crippen LogP contribution < -0.4 is 15.4 Å². The first-order valence-corrected chi connectivity index (χ1v) is 9.59. The summed E-state index contributed by atoms with van der Waals surface area (Å²) in [4.78, 5) is 8.94. The zero-order valence-corrected chi connectivity index (χ0v) is 19.3. The van der Waals surface area contributed by atoms with E-state index >= 15 is 0 Å². The maximum atomic E-state index is 6.12. The summed E-state index contributed by atoms with van der Waals surface area (Å²) in [5.41, 5.74) is 0.947. The van der Waals surface area contributed by atoms with Gasteiger partial charge in [-0.3, -0.25) is 4.99 Å². The summed E-state index contributed by atoms with van der Waals surface area (Å²) in [6.07, 6.45) is 2.46. The molecular formula is C20H30IN5O2. The molecule has 0 saturated heterocycles. The standard InChI is InChI=1S/C20H29N5O2.HI/c1-5-21-19(22-12-8-11-18-23-14(2)25-27-18)24-16-13-20(3,4)26-17-10-7-6-9-15(16)17;/h6-7,9-10,16H,5,8,11-13H2,1-4H3,(H2,21,22,24);1H. The number of ether oxygens (including phenoxy) is 1. The molecule has 1 aromatic carbocycles. The summed E-state index contributed by atoms with van der Waals surface area (Å²) in [7, 11) is 0. The lowest BCUT2D eigenvalue weighted by Gasteiger charge is -2.38. The van der Waals surface area contributed by atoms with E-state index in [0.29, 0.717) is 18.3 Å². The smallest absolute Gasteiger partial charge is 0.226 e. The molecule has 0 aliphatic carbocycles. The molecule has 8 heteroatoms. The number of guanidine groups is 1. The Balaban J connectivity index is 0.00000280. The Morgan fingerprint density at radius 2 is 2.11 bits per heavy atom. The lowest BCUT2D eigenvalue weighted by Crippen LogP contribution is -2.45. The van der Waals surface area contributed by atoms with Crippen molar-refractivity contribution >= 4 is 29.9 Å². The second kappa shape index (κ2) is 10.1. The predicted octanol–water partition coefficient (Wildman–Crippen LogP) is 3.79. The summed E-state index contributed by atoms with van der Waals surface area (Å²) in [6, 6.07) is 8.35. The van der Waals surface area contributed by atoms with Crippen molar-refractivity contribution in [3.8, 4) is 5.75 Å². The van der Waals surface area contributed by atoms with Crippen molar-refractivity contribution in [1.29, 1.82) is 0 Å². The van der Waals surface area contributed by atoms with Gasteiger partial charge in [-0.05, 0) is 40.2 Å². The van der Waals surface area contributed by atoms with Gasteiger partial charge in [0.25, 0.3) is 0 Å². The minimum atomic E-state index is -0.223. The molecule has 154 valence electrons. The highest BCUT2D eigenvalue weighted by Gasteiger charge is 2.33. The minimum absolute atomic E-state index is 0. The molecule has 1 atom stereocenters. The Hall–Kier alpha value is -1.84. The van der Waals surface area contributed by atoms with Crippen LogP contribution in [0.2, 0.25) is 0 Å². The van der Waals surface area contributed by atoms with Crippen LogP contribution in [-0.2, 0) is 6.42 Å². The summed E-state index contributed by atoms with van der Waals surface area (Å²) in [5.74, 6) is 3.09. The average Bonchev–Trinajstić information content (AvgIpc) is 3.03. The van der Waals surface area contributed by atoms with Gasteiger partial charge in [-0.25, -0.2) is 0 Å². The van der Waals surface area contributed by atoms with E-state index < -0.39 is 0 Å². The van der Waals surface area contributed by atoms with Crippen molar-refractivity contribution in [3.05, 3.63) is 41.5 Å². The number of aromatic nitrogens is 2. The fraction of sp³-hybridized carbons (Fsp3) is 0.550. The SMILES string of the molecule is CCNC(=NCCCc1nc(C)no1)NC1CC(C)(C)Oc2ccccc21.I. The number of aliphatic imine (C=N–C) groups is 1. The molecule has 0 amide bonds. The number of para-hydroxylation sites is 1. The number of aryl methyl sites for hydroxylation is 2. The molecule has 1 aliphatic heterocycles. The summed E-state index contributed by atoms with van der Waals surface area (Å²) in [5, 5.41) is 10.7. The topological polar surface area (TPSA) is 84.6 Å². The third-order valence-electron chi connectivity index (χ3n) is 4.42. The second-order valence-corrected chi connectivity index (χ2v) is 7.40. The molecule has 1 aliphatic rings. The fourth-order valence-corrected chi connectivity index (χ4v) is 3.28. The number of nitrogens with one attached hydrogen (secondary N) is 2. The van der Waals surface area contributed by atoms with E-state index in [-0.39, 0.29) is 35.6 Å². The van der Waals surface area contributed by atoms with Gasteiger partial charge in [0, 0.05) is 31.5 Å². The van der Waals surface area contributed by atoms with Crippen LogP contribution in [0.3, 0.4) is 0 Å². The third-order valence-corrected chi connectivity index (χ3v) is 4.42. The molecular weight excluding hydrogens is 469 g/mol. The van der Waals surface area contributed by atoms with E-state index in [4.69, 9.17) is 14.3 Å². The number of hydrogen-bond donors (Lipinski definition) is 2. The first-order chi connectivity index (χ1) is 13.0. The van der Waals surface area contributed by atoms with Gasteiger partial charge in [0.1, 0.15) is 11.4 Å². The molecule has 7 nitrogen and oxygen atoms in total. The van der Waals surface area contributed by atoms with Gasteiger partial charge in [0.05, 0.1) is 6.04 Å². The number of rotatable bonds is 6. The van der Waals surface area contributed by atoms with Crippen molar-refractivity contribution in [2.45, 2.75) is 58.6 Å². The van der Waals surface area contributed by atoms with Gasteiger partial charge in [-0.1, -0.05) is 23.4 Å². The molecule has 0 saturated carbocycles. The molecule has 1 aromatic heterocycles. The quantitative estimate of drug-likeness (QED) is 0.273. The van der Waals surface area contributed by atoms with Crippen molar-refractivity contribution < 1.29 is 9.26 Å². The van der Waals surface area contributed by atoms with Crippen LogP contribution in [0.15, 0.2) is 33.8 Å². The van der Waals surface area contributed by atoms with Gasteiger partial charge in [-0.15, -0.1) is 24.0 Å². The molecule has 0 bridgehead atoms. The van der Waals surface area contributed by atoms with Gasteiger partial charge in [-0.2, -0.15) is 4.98 Å². The Kier molecular flexibility index (Phi) is 8.09. The molecule has 0 radical (unpaired) electrons. The predicted molar refractivity (Wildman–Crippen MR) is 120 cm³/mol. The zero-order valence-electron chi connectivity index (χ0n) is 17.0. The number of fused-ring (bicyclic) bond motifs is 1. The van der Waals surface area contributed by atoms with Gasteiger partial charge >= 0.3 is 0 Å². The normalized spacial score (nSPS) is 17.9. The maximum Gasteiger partial charge on any atom is 0.226 e. The Morgan fingerprint density at radius 3 is 2.82 bits per heavy atom. The van der Waals surface area contributed by atoms with Crippen molar-refractivity contribution in [3.63, 3.8) is 0 Å². The highest BCUT2D eigenvalue weighted by Crippen LogP contribution is 2.39. The lowest BCUT2D eigenvalue weighted by atomic mass is 9.90. The van der Waals surface area contributed by atoms with Crippen molar-refractivity contribution in [2.75, 3.05) is 13.1 Å². The molecule has 1 unspecified atom stereocenters. The number of halogens is 1. The molecule has 0 fully saturated rings. The Morgan fingerprint density at radius 1 is 1.32 bits per heavy atom. The van der Waals surface area contributed by atoms with Crippen LogP contribution in [0, 0.1) is 6.92 Å². The van der Waals surface area contributed by atoms with Crippen LogP contribution in [0.25, 0.3) is 0 Å². The number of hydrogen-bond acceptors (Lipinski definition) is 5. The van der Waals surface area contributed by atoms with E-state index in [1.54, 1.807) is 0 Å². The summed E-state index contributed by atoms with van der Waals surface area (Å²) < 4.78 is 11.3. The van der Waals surface area contributed by atoms with Crippen LogP contribution in [0.1, 0.15) is 56.9 Å². The van der Waals surface area contributed by atoms with Crippen molar-refractivity contribution in [2.24, 2.45) is 4.99 Å². The maximum absolute atomic E-state index is 6.12. The van der Waals surface area contributed by atoms with Crippen LogP contribution in [0.5, 0.6) is 5.75 Å². The second-order valence-electron chi connectivity index (χ2n) is 7.40. The molecule has 28 heavy (non-hydrogen) atoms. The first kappa shape index (κ1) is 22.4. The molecule has 2 aromatic rings. The Labute approximate surface area is 183 Å². The largest absolute Gasteiger partial charge is 0.487 e. The number of benzene rings is 1. The highest BCUT2D eigenvalue weighted by molar-refractivity contribution is 14.0. The van der Waals surface area contributed by atoms with E-state index in [2.05, 4.69) is 47.6 Å². The fourth-order valence-electron chi connectivity index (χ4n) is 3.28. The monoisotopic (exact) mass is 499 g/mol. The average molecular weight is 499 g/mol. The van der Waals surface area contributed by atoms with Gasteiger partial charge < -0.3 is 19.9 Å². The third kappa shape index (κ3) is 6.08. The van der Waals surface area contributed by atoms with E-state index in [1.807, 2.05) is 25.1 Å². The first-order valence-electron chi connectivity index (χ1n) is 9.59. The molecule has 3 rings (SSSR count). The Bertz CT molecular complexity index is 790. The molecule has 2 N–H and O–H groups in total. The van der Waals surface area contributed by atoms with Crippen LogP contribution >= 0.6 is 24.0 Å². The van der Waals surface area contributed by atoms with E-state index in [0.717, 1.165) is 37.5 Å². The van der Waals surface area contributed by atoms with Crippen LogP contribution in [-0.4, -0.2) is 34.8 Å². The molecule has 2 heterocycles. The highest BCUT2D eigenvalue weighted by atomic mass is 127. The summed E-state index contributed by atoms with van der Waals surface area (Å²) in [6.45, 7) is 9.63.